The van der Waals surface area contributed by atoms with Crippen LogP contribution in [0.15, 0.2) is 36.5 Å². The van der Waals surface area contributed by atoms with E-state index in [0.29, 0.717) is 30.4 Å². The zero-order valence-corrected chi connectivity index (χ0v) is 15.8. The van der Waals surface area contributed by atoms with Crippen molar-refractivity contribution in [1.82, 2.24) is 9.97 Å². The van der Waals surface area contributed by atoms with Crippen LogP contribution in [-0.2, 0) is 16.0 Å². The Balaban J connectivity index is 1.81. The highest BCUT2D eigenvalue weighted by Crippen LogP contribution is 2.40. The third kappa shape index (κ3) is 3.64. The summed E-state index contributed by atoms with van der Waals surface area (Å²) in [7, 11) is 0. The first-order chi connectivity index (χ1) is 13.4. The van der Waals surface area contributed by atoms with Gasteiger partial charge in [-0.1, -0.05) is 26.0 Å². The Morgan fingerprint density at radius 3 is 2.86 bits per heavy atom. The highest BCUT2D eigenvalue weighted by atomic mass is 16.2. The molecule has 1 aromatic carbocycles. The van der Waals surface area contributed by atoms with E-state index in [2.05, 4.69) is 21.4 Å². The number of amides is 2. The van der Waals surface area contributed by atoms with Gasteiger partial charge in [0.15, 0.2) is 0 Å². The first-order valence-electron chi connectivity index (χ1n) is 9.06. The maximum Gasteiger partial charge on any atom is 0.248 e. The standard InChI is InChI=1S/C20H22N6O2/c1-13(2)20(12-21)7-9-26(18(20)28)17-6-8-23-19(25-17)24-15-5-3-4-14(10-15)11-16(22)27/h3-6,8,10,13H,7,9,11H2,1-2H3,(H2,22,27)(H,23,24,25)/t20-/m1/s1. The summed E-state index contributed by atoms with van der Waals surface area (Å²) in [5.74, 6) is 0.0590. The summed E-state index contributed by atoms with van der Waals surface area (Å²) in [5.41, 5.74) is 5.71. The number of nitriles is 1. The number of hydrogen-bond acceptors (Lipinski definition) is 6. The summed E-state index contributed by atoms with van der Waals surface area (Å²) >= 11 is 0. The Morgan fingerprint density at radius 1 is 1.43 bits per heavy atom. The van der Waals surface area contributed by atoms with Crippen LogP contribution in [0.4, 0.5) is 17.5 Å². The van der Waals surface area contributed by atoms with Crippen LogP contribution < -0.4 is 16.0 Å². The molecule has 1 aromatic heterocycles. The molecule has 0 aliphatic carbocycles. The van der Waals surface area contributed by atoms with E-state index in [4.69, 9.17) is 5.73 Å². The summed E-state index contributed by atoms with van der Waals surface area (Å²) in [6, 6.07) is 11.1. The lowest BCUT2D eigenvalue weighted by molar-refractivity contribution is -0.124. The van der Waals surface area contributed by atoms with E-state index in [1.165, 1.54) is 0 Å². The van der Waals surface area contributed by atoms with E-state index in [0.717, 1.165) is 5.56 Å². The van der Waals surface area contributed by atoms with Gasteiger partial charge in [-0.15, -0.1) is 0 Å². The first-order valence-corrected chi connectivity index (χ1v) is 9.06. The van der Waals surface area contributed by atoms with Crippen molar-refractivity contribution in [2.45, 2.75) is 26.7 Å². The van der Waals surface area contributed by atoms with Crippen LogP contribution in [0.5, 0.6) is 0 Å². The van der Waals surface area contributed by atoms with E-state index in [9.17, 15) is 14.9 Å². The molecular formula is C20H22N6O2. The fourth-order valence-electron chi connectivity index (χ4n) is 3.37. The average molecular weight is 378 g/mol. The summed E-state index contributed by atoms with van der Waals surface area (Å²) in [5, 5.41) is 12.7. The number of primary amides is 1. The van der Waals surface area contributed by atoms with Crippen LogP contribution in [0.3, 0.4) is 0 Å². The van der Waals surface area contributed by atoms with E-state index >= 15 is 0 Å². The lowest BCUT2D eigenvalue weighted by atomic mass is 9.77. The molecule has 28 heavy (non-hydrogen) atoms. The molecule has 144 valence electrons. The van der Waals surface area contributed by atoms with E-state index < -0.39 is 11.3 Å². The second-order valence-corrected chi connectivity index (χ2v) is 7.15. The Bertz CT molecular complexity index is 952. The first kappa shape index (κ1) is 19.3. The Morgan fingerprint density at radius 2 is 2.21 bits per heavy atom. The number of anilines is 3. The fourth-order valence-corrected chi connectivity index (χ4v) is 3.37. The number of nitrogens with zero attached hydrogens (tertiary/aromatic N) is 4. The third-order valence-electron chi connectivity index (χ3n) is 5.02. The van der Waals surface area contributed by atoms with Crippen LogP contribution >= 0.6 is 0 Å². The molecule has 8 heteroatoms. The number of aromatic nitrogens is 2. The van der Waals surface area contributed by atoms with Crippen molar-refractivity contribution >= 4 is 29.3 Å². The lowest BCUT2D eigenvalue weighted by Gasteiger charge is -2.24. The molecular weight excluding hydrogens is 356 g/mol. The number of nitrogens with two attached hydrogens (primary N) is 1. The van der Waals surface area contributed by atoms with Crippen LogP contribution in [0.25, 0.3) is 0 Å². The maximum atomic E-state index is 12.9. The van der Waals surface area contributed by atoms with Gasteiger partial charge in [0.05, 0.1) is 12.5 Å². The van der Waals surface area contributed by atoms with E-state index in [1.54, 1.807) is 29.3 Å². The molecule has 1 aliphatic rings. The Kier molecular flexibility index (Phi) is 5.27. The van der Waals surface area contributed by atoms with Gasteiger partial charge in [0, 0.05) is 18.4 Å². The van der Waals surface area contributed by atoms with Crippen molar-refractivity contribution in [3.8, 4) is 6.07 Å². The summed E-state index contributed by atoms with van der Waals surface area (Å²) in [6.45, 7) is 4.21. The smallest absolute Gasteiger partial charge is 0.248 e. The van der Waals surface area contributed by atoms with Crippen LogP contribution in [-0.4, -0.2) is 28.3 Å². The monoisotopic (exact) mass is 378 g/mol. The topological polar surface area (TPSA) is 125 Å². The minimum absolute atomic E-state index is 0.0811. The lowest BCUT2D eigenvalue weighted by Crippen LogP contribution is -2.37. The molecule has 3 rings (SSSR count). The van der Waals surface area contributed by atoms with Crippen LogP contribution in [0.1, 0.15) is 25.8 Å². The largest absolute Gasteiger partial charge is 0.369 e. The molecule has 0 radical (unpaired) electrons. The number of benzene rings is 1. The molecule has 1 atom stereocenters. The molecule has 2 heterocycles. The number of nitrogens with one attached hydrogen (secondary N) is 1. The van der Waals surface area contributed by atoms with Crippen molar-refractivity contribution in [2.24, 2.45) is 17.1 Å². The van der Waals surface area contributed by atoms with Gasteiger partial charge in [0.25, 0.3) is 0 Å². The number of carbonyl (C=O) groups excluding carboxylic acids is 2. The Hall–Kier alpha value is -3.47. The SMILES string of the molecule is CC(C)[C@]1(C#N)CCN(c2ccnc(Nc3cccc(CC(N)=O)c3)n2)C1=O. The summed E-state index contributed by atoms with van der Waals surface area (Å²) < 4.78 is 0. The quantitative estimate of drug-likeness (QED) is 0.793. The second kappa shape index (κ2) is 7.64. The van der Waals surface area contributed by atoms with Gasteiger partial charge < -0.3 is 11.1 Å². The number of carbonyl (C=O) groups is 2. The molecule has 2 aromatic rings. The Labute approximate surface area is 163 Å². The molecule has 0 saturated carbocycles. The van der Waals surface area contributed by atoms with E-state index in [1.807, 2.05) is 26.0 Å². The van der Waals surface area contributed by atoms with Crippen molar-refractivity contribution in [3.05, 3.63) is 42.1 Å². The van der Waals surface area contributed by atoms with Gasteiger partial charge in [-0.05, 0) is 36.1 Å². The van der Waals surface area contributed by atoms with Crippen molar-refractivity contribution < 1.29 is 9.59 Å². The maximum absolute atomic E-state index is 12.9. The van der Waals surface area contributed by atoms with Crippen molar-refractivity contribution in [2.75, 3.05) is 16.8 Å². The molecule has 1 aliphatic heterocycles. The highest BCUT2D eigenvalue weighted by Gasteiger charge is 2.50. The molecule has 2 amide bonds. The van der Waals surface area contributed by atoms with Gasteiger partial charge in [-0.25, -0.2) is 4.98 Å². The molecule has 1 saturated heterocycles. The van der Waals surface area contributed by atoms with Crippen LogP contribution in [0, 0.1) is 22.7 Å². The van der Waals surface area contributed by atoms with Gasteiger partial charge in [-0.2, -0.15) is 10.2 Å². The second-order valence-electron chi connectivity index (χ2n) is 7.15. The summed E-state index contributed by atoms with van der Waals surface area (Å²) in [4.78, 5) is 34.2. The molecule has 0 spiro atoms. The van der Waals surface area contributed by atoms with Gasteiger partial charge >= 0.3 is 0 Å². The highest BCUT2D eigenvalue weighted by molar-refractivity contribution is 6.01. The van der Waals surface area contributed by atoms with Gasteiger partial charge in [-0.3, -0.25) is 14.5 Å². The predicted molar refractivity (Wildman–Crippen MR) is 105 cm³/mol. The molecule has 0 bridgehead atoms. The normalized spacial score (nSPS) is 18.9. The predicted octanol–water partition coefficient (Wildman–Crippen LogP) is 2.15. The van der Waals surface area contributed by atoms with Gasteiger partial charge in [0.2, 0.25) is 17.8 Å². The number of hydrogen-bond donors (Lipinski definition) is 2. The zero-order chi connectivity index (χ0) is 20.3. The minimum atomic E-state index is -1.01. The van der Waals surface area contributed by atoms with Crippen LogP contribution in [0.2, 0.25) is 0 Å². The fraction of sp³-hybridized carbons (Fsp3) is 0.350. The van der Waals surface area contributed by atoms with E-state index in [-0.39, 0.29) is 18.2 Å². The van der Waals surface area contributed by atoms with Crippen molar-refractivity contribution in [1.29, 1.82) is 5.26 Å². The molecule has 3 N–H and O–H groups in total. The molecule has 0 unspecified atom stereocenters. The minimum Gasteiger partial charge on any atom is -0.369 e. The molecule has 1 fully saturated rings. The average Bonchev–Trinajstić information content (AvgIpc) is 2.99. The summed E-state index contributed by atoms with van der Waals surface area (Å²) in [6.07, 6.45) is 2.18. The van der Waals surface area contributed by atoms with Crippen molar-refractivity contribution in [3.63, 3.8) is 0 Å². The zero-order valence-electron chi connectivity index (χ0n) is 15.8. The molecule has 8 nitrogen and oxygen atoms in total. The third-order valence-corrected chi connectivity index (χ3v) is 5.02. The number of rotatable bonds is 6. The van der Waals surface area contributed by atoms with Gasteiger partial charge in [0.1, 0.15) is 11.2 Å².